The van der Waals surface area contributed by atoms with Gasteiger partial charge in [-0.1, -0.05) is 65.8 Å². The van der Waals surface area contributed by atoms with E-state index in [4.69, 9.17) is 0 Å². The van der Waals surface area contributed by atoms with Crippen LogP contribution in [0, 0.1) is 0 Å². The van der Waals surface area contributed by atoms with Crippen molar-refractivity contribution in [1.82, 2.24) is 0 Å². The molecule has 0 atom stereocenters. The SMILES string of the molecule is CC(C)(C)c1ccc2c(c1)N(c1ccc(C(F)(F)F)cc1)c1cc(C(F)(F)F)cc3c1B2c1ccc(C(C)(C)C)cc1N3c1ccc(C(F)(F)F)cc1. The van der Waals surface area contributed by atoms with E-state index in [2.05, 4.69) is 0 Å². The Bertz CT molecular complexity index is 2070. The van der Waals surface area contributed by atoms with Gasteiger partial charge in [-0.05, 0) is 111 Å². The smallest absolute Gasteiger partial charge is 0.311 e. The van der Waals surface area contributed by atoms with Crippen molar-refractivity contribution in [2.45, 2.75) is 70.9 Å². The van der Waals surface area contributed by atoms with Crippen molar-refractivity contribution >= 4 is 57.2 Å². The zero-order valence-corrected chi connectivity index (χ0v) is 29.6. The largest absolute Gasteiger partial charge is 0.416 e. The van der Waals surface area contributed by atoms with Gasteiger partial charge in [0.1, 0.15) is 0 Å². The highest BCUT2D eigenvalue weighted by Crippen LogP contribution is 2.48. The number of anilines is 6. The lowest BCUT2D eigenvalue weighted by Crippen LogP contribution is -2.61. The van der Waals surface area contributed by atoms with E-state index < -0.39 is 52.8 Å². The van der Waals surface area contributed by atoms with Crippen LogP contribution in [0.25, 0.3) is 0 Å². The van der Waals surface area contributed by atoms with Crippen LogP contribution in [0.4, 0.5) is 73.6 Å². The van der Waals surface area contributed by atoms with Crippen molar-refractivity contribution in [3.8, 4) is 0 Å². The summed E-state index contributed by atoms with van der Waals surface area (Å²) in [6.45, 7) is 11.3. The van der Waals surface area contributed by atoms with E-state index in [0.717, 1.165) is 47.5 Å². The van der Waals surface area contributed by atoms with Gasteiger partial charge in [0, 0.05) is 34.1 Å². The number of fused-ring (bicyclic) bond motifs is 4. The molecule has 2 heterocycles. The zero-order chi connectivity index (χ0) is 38.6. The van der Waals surface area contributed by atoms with Gasteiger partial charge in [-0.25, -0.2) is 0 Å². The van der Waals surface area contributed by atoms with Crippen LogP contribution in [-0.2, 0) is 29.4 Å². The summed E-state index contributed by atoms with van der Waals surface area (Å²) in [6, 6.07) is 22.0. The van der Waals surface area contributed by atoms with Crippen LogP contribution in [0.5, 0.6) is 0 Å². The standard InChI is InChI=1S/C41H34BF9N2/c1-37(2,3)25-11-17-30-32(19-25)52(28-13-7-23(8-14-28)39(43,44)45)34-21-27(41(49,50)51)22-35-36(34)42(30)31-18-12-26(38(4,5)6)20-33(31)53(35)29-15-9-24(10-16-29)40(46,47)48/h7-22H,1-6H3. The van der Waals surface area contributed by atoms with Gasteiger partial charge in [-0.2, -0.15) is 39.5 Å². The number of halogens is 9. The van der Waals surface area contributed by atoms with Crippen molar-refractivity contribution in [2.75, 3.05) is 9.80 Å². The third-order valence-corrected chi connectivity index (χ3v) is 10.0. The number of nitrogens with zero attached hydrogens (tertiary/aromatic N) is 2. The van der Waals surface area contributed by atoms with Gasteiger partial charge in [0.25, 0.3) is 6.71 Å². The van der Waals surface area contributed by atoms with Crippen LogP contribution in [0.15, 0.2) is 97.1 Å². The molecule has 0 N–H and O–H groups in total. The molecule has 5 aromatic carbocycles. The molecule has 0 amide bonds. The van der Waals surface area contributed by atoms with E-state index in [1.807, 2.05) is 77.9 Å². The summed E-state index contributed by atoms with van der Waals surface area (Å²) in [5.41, 5.74) is 1.55. The van der Waals surface area contributed by atoms with Crippen LogP contribution >= 0.6 is 0 Å². The molecule has 0 bridgehead atoms. The molecule has 5 aromatic rings. The second kappa shape index (κ2) is 11.8. The summed E-state index contributed by atoms with van der Waals surface area (Å²) in [5.74, 6) is 0. The Kier molecular flexibility index (Phi) is 8.14. The lowest BCUT2D eigenvalue weighted by molar-refractivity contribution is -0.138. The van der Waals surface area contributed by atoms with Crippen LogP contribution in [0.1, 0.15) is 69.4 Å². The quantitative estimate of drug-likeness (QED) is 0.129. The minimum absolute atomic E-state index is 0.0978. The maximum atomic E-state index is 15.0. The Morgan fingerprint density at radius 1 is 0.377 bits per heavy atom. The van der Waals surface area contributed by atoms with Gasteiger partial charge >= 0.3 is 18.5 Å². The predicted octanol–water partition coefficient (Wildman–Crippen LogP) is 11.4. The molecule has 0 fully saturated rings. The van der Waals surface area contributed by atoms with Crippen LogP contribution in [-0.4, -0.2) is 6.71 Å². The summed E-state index contributed by atoms with van der Waals surface area (Å²) in [5, 5.41) is 0. The second-order valence-corrected chi connectivity index (χ2v) is 15.7. The Balaban J connectivity index is 1.60. The molecule has 0 spiro atoms. The number of benzene rings is 5. The lowest BCUT2D eigenvalue weighted by Gasteiger charge is -2.45. The number of hydrogen-bond acceptors (Lipinski definition) is 2. The van der Waals surface area contributed by atoms with Crippen molar-refractivity contribution in [3.05, 3.63) is 125 Å². The molecular formula is C41H34BF9N2. The average molecular weight is 737 g/mol. The normalized spacial score (nSPS) is 14.6. The highest BCUT2D eigenvalue weighted by atomic mass is 19.4. The maximum absolute atomic E-state index is 15.0. The van der Waals surface area contributed by atoms with E-state index in [1.54, 1.807) is 9.80 Å². The van der Waals surface area contributed by atoms with Crippen LogP contribution in [0.3, 0.4) is 0 Å². The maximum Gasteiger partial charge on any atom is 0.416 e. The van der Waals surface area contributed by atoms with Crippen molar-refractivity contribution < 1.29 is 39.5 Å². The topological polar surface area (TPSA) is 6.48 Å². The summed E-state index contributed by atoms with van der Waals surface area (Å²) in [4.78, 5) is 3.13. The molecule has 12 heteroatoms. The Morgan fingerprint density at radius 2 is 0.679 bits per heavy atom. The molecule has 2 aliphatic rings. The fraction of sp³-hybridized carbons (Fsp3) is 0.268. The minimum atomic E-state index is -4.86. The highest BCUT2D eigenvalue weighted by molar-refractivity contribution is 7.00. The van der Waals surface area contributed by atoms with Gasteiger partial charge in [0.15, 0.2) is 0 Å². The number of hydrogen-bond donors (Lipinski definition) is 0. The monoisotopic (exact) mass is 736 g/mol. The first-order valence-electron chi connectivity index (χ1n) is 16.9. The fourth-order valence-electron chi connectivity index (χ4n) is 7.24. The molecule has 0 aliphatic carbocycles. The van der Waals surface area contributed by atoms with E-state index in [-0.39, 0.29) is 22.7 Å². The molecule has 7 rings (SSSR count). The lowest BCUT2D eigenvalue weighted by atomic mass is 9.33. The minimum Gasteiger partial charge on any atom is -0.311 e. The molecule has 2 aliphatic heterocycles. The van der Waals surface area contributed by atoms with Crippen molar-refractivity contribution in [3.63, 3.8) is 0 Å². The molecule has 0 unspecified atom stereocenters. The number of rotatable bonds is 2. The van der Waals surface area contributed by atoms with Gasteiger partial charge in [0.2, 0.25) is 0 Å². The van der Waals surface area contributed by atoms with Gasteiger partial charge in [-0.3, -0.25) is 0 Å². The highest BCUT2D eigenvalue weighted by Gasteiger charge is 2.46. The Morgan fingerprint density at radius 3 is 0.981 bits per heavy atom. The third-order valence-electron chi connectivity index (χ3n) is 10.0. The fourth-order valence-corrected chi connectivity index (χ4v) is 7.24. The Hall–Kier alpha value is -4.87. The van der Waals surface area contributed by atoms with E-state index in [9.17, 15) is 39.5 Å². The van der Waals surface area contributed by atoms with Gasteiger partial charge in [0.05, 0.1) is 16.7 Å². The van der Waals surface area contributed by atoms with E-state index in [0.29, 0.717) is 27.8 Å². The summed E-state index contributed by atoms with van der Waals surface area (Å²) in [7, 11) is 0. The van der Waals surface area contributed by atoms with Crippen LogP contribution < -0.4 is 26.2 Å². The molecule has 2 nitrogen and oxygen atoms in total. The van der Waals surface area contributed by atoms with Crippen molar-refractivity contribution in [2.24, 2.45) is 0 Å². The Labute approximate surface area is 301 Å². The molecule has 0 saturated carbocycles. The van der Waals surface area contributed by atoms with E-state index in [1.165, 1.54) is 24.3 Å². The molecule has 274 valence electrons. The first-order valence-corrected chi connectivity index (χ1v) is 16.9. The first-order chi connectivity index (χ1) is 24.4. The summed E-state index contributed by atoms with van der Waals surface area (Å²) >= 11 is 0. The number of alkyl halides is 9. The summed E-state index contributed by atoms with van der Waals surface area (Å²) in [6.07, 6.45) is -14.1. The summed E-state index contributed by atoms with van der Waals surface area (Å²) < 4.78 is 127. The van der Waals surface area contributed by atoms with E-state index >= 15 is 0 Å². The predicted molar refractivity (Wildman–Crippen MR) is 193 cm³/mol. The first kappa shape index (κ1) is 36.5. The average Bonchev–Trinajstić information content (AvgIpc) is 3.05. The molecule has 0 radical (unpaired) electrons. The molecular weight excluding hydrogens is 702 g/mol. The molecule has 0 aromatic heterocycles. The van der Waals surface area contributed by atoms with Crippen LogP contribution in [0.2, 0.25) is 0 Å². The van der Waals surface area contributed by atoms with Gasteiger partial charge in [-0.15, -0.1) is 0 Å². The van der Waals surface area contributed by atoms with Crippen molar-refractivity contribution in [1.29, 1.82) is 0 Å². The molecule has 53 heavy (non-hydrogen) atoms. The molecule has 0 saturated heterocycles. The second-order valence-electron chi connectivity index (χ2n) is 15.7. The zero-order valence-electron chi connectivity index (χ0n) is 29.6. The third kappa shape index (κ3) is 6.33. The van der Waals surface area contributed by atoms with Gasteiger partial charge < -0.3 is 9.80 Å².